The van der Waals surface area contributed by atoms with Gasteiger partial charge in [-0.1, -0.05) is 23.2 Å². The summed E-state index contributed by atoms with van der Waals surface area (Å²) in [6.07, 6.45) is 0. The van der Waals surface area contributed by atoms with Crippen LogP contribution >= 0.6 is 57.1 Å². The highest BCUT2D eigenvalue weighted by Gasteiger charge is 2.07. The third-order valence-corrected chi connectivity index (χ3v) is 4.77. The van der Waals surface area contributed by atoms with Crippen LogP contribution in [0.3, 0.4) is 0 Å². The second kappa shape index (κ2) is 3.33. The van der Waals surface area contributed by atoms with E-state index in [2.05, 4.69) is 22.6 Å². The average Bonchev–Trinajstić information content (AvgIpc) is 2.31. The summed E-state index contributed by atoms with van der Waals surface area (Å²) in [7, 11) is 0. The second-order valence-electron chi connectivity index (χ2n) is 2.33. The Morgan fingerprint density at radius 2 is 2.00 bits per heavy atom. The molecule has 0 spiro atoms. The van der Waals surface area contributed by atoms with Crippen molar-refractivity contribution in [2.45, 2.75) is 0 Å². The zero-order chi connectivity index (χ0) is 8.72. The van der Waals surface area contributed by atoms with Crippen LogP contribution in [0.4, 0.5) is 0 Å². The molecular formula is C8H3Cl2IS. The summed E-state index contributed by atoms with van der Waals surface area (Å²) in [4.78, 5) is 0. The standard InChI is InChI=1S/C8H3Cl2IS/c9-4-1-2-6-5(3-4)7(10)8(11)12-6/h1-3H. The van der Waals surface area contributed by atoms with Crippen molar-refractivity contribution in [1.29, 1.82) is 0 Å². The van der Waals surface area contributed by atoms with Crippen LogP contribution < -0.4 is 0 Å². The molecule has 62 valence electrons. The van der Waals surface area contributed by atoms with Crippen molar-refractivity contribution in [3.8, 4) is 0 Å². The first-order chi connectivity index (χ1) is 5.68. The Labute approximate surface area is 97.6 Å². The molecule has 4 heteroatoms. The number of benzene rings is 1. The summed E-state index contributed by atoms with van der Waals surface area (Å²) in [5, 5.41) is 2.61. The van der Waals surface area contributed by atoms with E-state index in [1.165, 1.54) is 4.70 Å². The Bertz CT molecular complexity index is 436. The molecule has 0 bridgehead atoms. The topological polar surface area (TPSA) is 0 Å². The molecule has 0 radical (unpaired) electrons. The Kier molecular flexibility index (Phi) is 2.51. The molecule has 0 unspecified atom stereocenters. The Morgan fingerprint density at radius 3 is 2.75 bits per heavy atom. The average molecular weight is 329 g/mol. The third-order valence-electron chi connectivity index (χ3n) is 1.55. The van der Waals surface area contributed by atoms with Crippen molar-refractivity contribution in [2.24, 2.45) is 0 Å². The van der Waals surface area contributed by atoms with E-state index in [-0.39, 0.29) is 0 Å². The van der Waals surface area contributed by atoms with Gasteiger partial charge in [0.05, 0.1) is 7.91 Å². The smallest absolute Gasteiger partial charge is 0.0852 e. The summed E-state index contributed by atoms with van der Waals surface area (Å²) >= 11 is 15.8. The van der Waals surface area contributed by atoms with Gasteiger partial charge in [0.25, 0.3) is 0 Å². The van der Waals surface area contributed by atoms with Gasteiger partial charge in [0.2, 0.25) is 0 Å². The summed E-state index contributed by atoms with van der Waals surface area (Å²) in [6.45, 7) is 0. The van der Waals surface area contributed by atoms with Gasteiger partial charge in [-0.05, 0) is 40.8 Å². The molecule has 1 aromatic heterocycles. The van der Waals surface area contributed by atoms with E-state index in [1.54, 1.807) is 11.3 Å². The molecule has 2 rings (SSSR count). The van der Waals surface area contributed by atoms with Crippen LogP contribution in [0.1, 0.15) is 0 Å². The molecule has 0 nitrogen and oxygen atoms in total. The fourth-order valence-electron chi connectivity index (χ4n) is 1.01. The number of fused-ring (bicyclic) bond motifs is 1. The first kappa shape index (κ1) is 9.06. The zero-order valence-electron chi connectivity index (χ0n) is 5.77. The molecule has 1 heterocycles. The molecule has 0 saturated carbocycles. The first-order valence-corrected chi connectivity index (χ1v) is 5.86. The summed E-state index contributed by atoms with van der Waals surface area (Å²) < 4.78 is 2.31. The maximum absolute atomic E-state index is 6.06. The number of thiophene rings is 1. The van der Waals surface area contributed by atoms with E-state index < -0.39 is 0 Å². The second-order valence-corrected chi connectivity index (χ2v) is 6.01. The van der Waals surface area contributed by atoms with Crippen molar-refractivity contribution < 1.29 is 0 Å². The lowest BCUT2D eigenvalue weighted by Gasteiger charge is -1.90. The normalized spacial score (nSPS) is 10.9. The molecule has 0 aliphatic rings. The van der Waals surface area contributed by atoms with Gasteiger partial charge in [-0.2, -0.15) is 0 Å². The van der Waals surface area contributed by atoms with Gasteiger partial charge < -0.3 is 0 Å². The molecule has 0 aliphatic carbocycles. The highest BCUT2D eigenvalue weighted by molar-refractivity contribution is 14.1. The van der Waals surface area contributed by atoms with E-state index in [0.717, 1.165) is 18.3 Å². The maximum Gasteiger partial charge on any atom is 0.0852 e. The number of rotatable bonds is 0. The van der Waals surface area contributed by atoms with Crippen LogP contribution in [0.15, 0.2) is 18.2 Å². The fourth-order valence-corrected chi connectivity index (χ4v) is 3.31. The Balaban J connectivity index is 2.88. The molecule has 0 aliphatic heterocycles. The summed E-state index contributed by atoms with van der Waals surface area (Å²) in [6, 6.07) is 5.78. The fraction of sp³-hybridized carbons (Fsp3) is 0. The van der Waals surface area contributed by atoms with Crippen LogP contribution in [-0.4, -0.2) is 0 Å². The summed E-state index contributed by atoms with van der Waals surface area (Å²) in [5.74, 6) is 0. The zero-order valence-corrected chi connectivity index (χ0v) is 10.3. The molecule has 0 atom stereocenters. The van der Waals surface area contributed by atoms with Crippen LogP contribution in [-0.2, 0) is 0 Å². The quantitative estimate of drug-likeness (QED) is 0.609. The van der Waals surface area contributed by atoms with Gasteiger partial charge in [-0.25, -0.2) is 0 Å². The summed E-state index contributed by atoms with van der Waals surface area (Å²) in [5.41, 5.74) is 0. The van der Waals surface area contributed by atoms with Crippen molar-refractivity contribution in [3.05, 3.63) is 31.1 Å². The van der Waals surface area contributed by atoms with E-state index >= 15 is 0 Å². The van der Waals surface area contributed by atoms with Gasteiger partial charge in [0, 0.05) is 15.1 Å². The van der Waals surface area contributed by atoms with Crippen LogP contribution in [0.2, 0.25) is 10.0 Å². The van der Waals surface area contributed by atoms with Gasteiger partial charge in [0.1, 0.15) is 0 Å². The molecule has 0 fully saturated rings. The molecule has 1 aromatic carbocycles. The lowest BCUT2D eigenvalue weighted by molar-refractivity contribution is 1.84. The number of halogens is 3. The van der Waals surface area contributed by atoms with Crippen molar-refractivity contribution >= 4 is 67.2 Å². The van der Waals surface area contributed by atoms with Gasteiger partial charge in [0.15, 0.2) is 0 Å². The van der Waals surface area contributed by atoms with Crippen molar-refractivity contribution in [3.63, 3.8) is 0 Å². The van der Waals surface area contributed by atoms with Crippen LogP contribution in [0, 0.1) is 2.88 Å². The van der Waals surface area contributed by atoms with Gasteiger partial charge in [-0.15, -0.1) is 11.3 Å². The molecule has 2 aromatic rings. The van der Waals surface area contributed by atoms with Crippen LogP contribution in [0.25, 0.3) is 10.1 Å². The number of hydrogen-bond acceptors (Lipinski definition) is 1. The molecular weight excluding hydrogens is 326 g/mol. The van der Waals surface area contributed by atoms with E-state index in [4.69, 9.17) is 23.2 Å². The maximum atomic E-state index is 6.06. The SMILES string of the molecule is Clc1ccc2sc(I)c(Cl)c2c1. The van der Waals surface area contributed by atoms with Gasteiger partial charge >= 0.3 is 0 Å². The predicted molar refractivity (Wildman–Crippen MR) is 64.6 cm³/mol. The monoisotopic (exact) mass is 328 g/mol. The van der Waals surface area contributed by atoms with Crippen molar-refractivity contribution in [1.82, 2.24) is 0 Å². The molecule has 0 N–H and O–H groups in total. The minimum Gasteiger partial charge on any atom is -0.128 e. The Morgan fingerprint density at radius 1 is 1.25 bits per heavy atom. The predicted octanol–water partition coefficient (Wildman–Crippen LogP) is 4.81. The molecule has 0 saturated heterocycles. The highest BCUT2D eigenvalue weighted by atomic mass is 127. The molecule has 0 amide bonds. The Hall–Kier alpha value is 0.490. The minimum atomic E-state index is 0.735. The first-order valence-electron chi connectivity index (χ1n) is 3.21. The molecule has 12 heavy (non-hydrogen) atoms. The lowest BCUT2D eigenvalue weighted by Crippen LogP contribution is -1.64. The van der Waals surface area contributed by atoms with E-state index in [9.17, 15) is 0 Å². The van der Waals surface area contributed by atoms with Crippen LogP contribution in [0.5, 0.6) is 0 Å². The minimum absolute atomic E-state index is 0.735. The van der Waals surface area contributed by atoms with Gasteiger partial charge in [-0.3, -0.25) is 0 Å². The highest BCUT2D eigenvalue weighted by Crippen LogP contribution is 2.37. The largest absolute Gasteiger partial charge is 0.128 e. The number of hydrogen-bond donors (Lipinski definition) is 0. The van der Waals surface area contributed by atoms with Crippen molar-refractivity contribution in [2.75, 3.05) is 0 Å². The lowest BCUT2D eigenvalue weighted by atomic mass is 10.3. The third kappa shape index (κ3) is 1.45. The van der Waals surface area contributed by atoms with E-state index in [1.807, 2.05) is 18.2 Å². The van der Waals surface area contributed by atoms with E-state index in [0.29, 0.717) is 0 Å².